The van der Waals surface area contributed by atoms with Crippen LogP contribution in [-0.4, -0.2) is 21.6 Å². The SMILES string of the molecule is Cc1c(Cl)nc(C(C)C)nc1NCCc1ccc(O)cc1. The van der Waals surface area contributed by atoms with Gasteiger partial charge >= 0.3 is 0 Å². The molecule has 0 unspecified atom stereocenters. The van der Waals surface area contributed by atoms with Crippen molar-refractivity contribution in [1.29, 1.82) is 0 Å². The molecule has 21 heavy (non-hydrogen) atoms. The predicted molar refractivity (Wildman–Crippen MR) is 86.2 cm³/mol. The van der Waals surface area contributed by atoms with Gasteiger partial charge in [0, 0.05) is 18.0 Å². The third kappa shape index (κ3) is 4.08. The summed E-state index contributed by atoms with van der Waals surface area (Å²) in [6.45, 7) is 6.74. The summed E-state index contributed by atoms with van der Waals surface area (Å²) in [5.41, 5.74) is 2.02. The zero-order valence-corrected chi connectivity index (χ0v) is 13.3. The van der Waals surface area contributed by atoms with Crippen LogP contribution < -0.4 is 5.32 Å². The minimum Gasteiger partial charge on any atom is -0.508 e. The number of phenols is 1. The molecule has 2 aromatic rings. The first-order valence-electron chi connectivity index (χ1n) is 7.03. The van der Waals surface area contributed by atoms with Crippen molar-refractivity contribution in [2.24, 2.45) is 0 Å². The number of aromatic nitrogens is 2. The van der Waals surface area contributed by atoms with Crippen molar-refractivity contribution >= 4 is 17.4 Å². The maximum Gasteiger partial charge on any atom is 0.137 e. The van der Waals surface area contributed by atoms with Crippen molar-refractivity contribution in [3.8, 4) is 5.75 Å². The molecule has 4 nitrogen and oxygen atoms in total. The van der Waals surface area contributed by atoms with Crippen LogP contribution in [0.1, 0.15) is 36.7 Å². The summed E-state index contributed by atoms with van der Waals surface area (Å²) >= 11 is 6.16. The van der Waals surface area contributed by atoms with Gasteiger partial charge in [-0.25, -0.2) is 9.97 Å². The van der Waals surface area contributed by atoms with Gasteiger partial charge in [0.1, 0.15) is 22.5 Å². The topological polar surface area (TPSA) is 58.0 Å². The number of hydrogen-bond acceptors (Lipinski definition) is 4. The standard InChI is InChI=1S/C16H20ClN3O/c1-10(2)15-19-14(17)11(3)16(20-15)18-9-8-12-4-6-13(21)7-5-12/h4-7,10,21H,8-9H2,1-3H3,(H,18,19,20). The molecule has 5 heteroatoms. The van der Waals surface area contributed by atoms with Crippen LogP contribution in [-0.2, 0) is 6.42 Å². The fourth-order valence-corrected chi connectivity index (χ4v) is 2.10. The molecule has 0 spiro atoms. The molecule has 1 aromatic carbocycles. The second-order valence-corrected chi connectivity index (χ2v) is 5.70. The predicted octanol–water partition coefficient (Wildman–Crippen LogP) is 3.92. The summed E-state index contributed by atoms with van der Waals surface area (Å²) in [6.07, 6.45) is 0.846. The lowest BCUT2D eigenvalue weighted by atomic mass is 10.1. The van der Waals surface area contributed by atoms with Crippen LogP contribution in [0.2, 0.25) is 5.15 Å². The summed E-state index contributed by atoms with van der Waals surface area (Å²) in [5.74, 6) is 2.06. The zero-order chi connectivity index (χ0) is 15.4. The van der Waals surface area contributed by atoms with Gasteiger partial charge in [-0.05, 0) is 31.0 Å². The van der Waals surface area contributed by atoms with Crippen molar-refractivity contribution in [3.05, 3.63) is 46.4 Å². The third-order valence-corrected chi connectivity index (χ3v) is 3.63. The van der Waals surface area contributed by atoms with Crippen LogP contribution in [0.25, 0.3) is 0 Å². The van der Waals surface area contributed by atoms with E-state index in [0.29, 0.717) is 5.15 Å². The first-order valence-corrected chi connectivity index (χ1v) is 7.41. The quantitative estimate of drug-likeness (QED) is 0.822. The molecule has 1 heterocycles. The van der Waals surface area contributed by atoms with Crippen LogP contribution >= 0.6 is 11.6 Å². The fourth-order valence-electron chi connectivity index (χ4n) is 1.92. The Morgan fingerprint density at radius 3 is 2.48 bits per heavy atom. The number of rotatable bonds is 5. The van der Waals surface area contributed by atoms with E-state index >= 15 is 0 Å². The molecule has 0 radical (unpaired) electrons. The molecule has 0 bridgehead atoms. The number of nitrogens with one attached hydrogen (secondary N) is 1. The van der Waals surface area contributed by atoms with Crippen LogP contribution in [0.4, 0.5) is 5.82 Å². The average Bonchev–Trinajstić information content (AvgIpc) is 2.45. The minimum absolute atomic E-state index is 0.237. The van der Waals surface area contributed by atoms with E-state index in [1.165, 1.54) is 0 Å². The van der Waals surface area contributed by atoms with E-state index in [9.17, 15) is 5.11 Å². The van der Waals surface area contributed by atoms with E-state index in [-0.39, 0.29) is 11.7 Å². The summed E-state index contributed by atoms with van der Waals surface area (Å²) < 4.78 is 0. The Morgan fingerprint density at radius 2 is 1.86 bits per heavy atom. The van der Waals surface area contributed by atoms with Crippen molar-refractivity contribution in [1.82, 2.24) is 9.97 Å². The lowest BCUT2D eigenvalue weighted by molar-refractivity contribution is 0.475. The monoisotopic (exact) mass is 305 g/mol. The second-order valence-electron chi connectivity index (χ2n) is 5.34. The van der Waals surface area contributed by atoms with E-state index in [4.69, 9.17) is 11.6 Å². The van der Waals surface area contributed by atoms with Gasteiger partial charge in [0.15, 0.2) is 0 Å². The maximum absolute atomic E-state index is 9.26. The van der Waals surface area contributed by atoms with Gasteiger partial charge in [0.2, 0.25) is 0 Å². The van der Waals surface area contributed by atoms with Gasteiger partial charge in [0.05, 0.1) is 0 Å². The van der Waals surface area contributed by atoms with Gasteiger partial charge in [-0.2, -0.15) is 0 Å². The second kappa shape index (κ2) is 6.76. The van der Waals surface area contributed by atoms with Crippen LogP contribution in [0.5, 0.6) is 5.75 Å². The molecule has 0 atom stereocenters. The molecule has 0 saturated carbocycles. The van der Waals surface area contributed by atoms with E-state index in [1.54, 1.807) is 12.1 Å². The van der Waals surface area contributed by atoms with Crippen LogP contribution in [0.15, 0.2) is 24.3 Å². The molecule has 1 aromatic heterocycles. The number of phenolic OH excluding ortho intramolecular Hbond substituents is 1. The van der Waals surface area contributed by atoms with Gasteiger partial charge < -0.3 is 10.4 Å². The van der Waals surface area contributed by atoms with Crippen molar-refractivity contribution < 1.29 is 5.11 Å². The van der Waals surface area contributed by atoms with Crippen molar-refractivity contribution in [2.45, 2.75) is 33.1 Å². The average molecular weight is 306 g/mol. The van der Waals surface area contributed by atoms with Gasteiger partial charge in [-0.1, -0.05) is 37.6 Å². The molecular weight excluding hydrogens is 286 g/mol. The minimum atomic E-state index is 0.237. The van der Waals surface area contributed by atoms with E-state index in [1.807, 2.05) is 32.9 Å². The summed E-state index contributed by atoms with van der Waals surface area (Å²) in [4.78, 5) is 8.83. The summed E-state index contributed by atoms with van der Waals surface area (Å²) in [7, 11) is 0. The Balaban J connectivity index is 2.04. The Hall–Kier alpha value is -1.81. The first-order chi connectivity index (χ1) is 9.97. The first kappa shape index (κ1) is 15.6. The highest BCUT2D eigenvalue weighted by atomic mass is 35.5. The fraction of sp³-hybridized carbons (Fsp3) is 0.375. The molecule has 0 fully saturated rings. The lowest BCUT2D eigenvalue weighted by Crippen LogP contribution is -2.11. The molecule has 0 aliphatic rings. The van der Waals surface area contributed by atoms with E-state index in [2.05, 4.69) is 15.3 Å². The van der Waals surface area contributed by atoms with Crippen molar-refractivity contribution in [2.75, 3.05) is 11.9 Å². The Labute approximate surface area is 130 Å². The van der Waals surface area contributed by atoms with Crippen LogP contribution in [0, 0.1) is 6.92 Å². The normalized spacial score (nSPS) is 10.9. The largest absolute Gasteiger partial charge is 0.508 e. The number of benzene rings is 1. The number of nitrogens with zero attached hydrogens (tertiary/aromatic N) is 2. The van der Waals surface area contributed by atoms with E-state index < -0.39 is 0 Å². The maximum atomic E-state index is 9.26. The summed E-state index contributed by atoms with van der Waals surface area (Å²) in [6, 6.07) is 7.21. The lowest BCUT2D eigenvalue weighted by Gasteiger charge is -2.13. The molecule has 0 aliphatic carbocycles. The number of halogens is 1. The highest BCUT2D eigenvalue weighted by Crippen LogP contribution is 2.22. The smallest absolute Gasteiger partial charge is 0.137 e. The van der Waals surface area contributed by atoms with Gasteiger partial charge in [-0.3, -0.25) is 0 Å². The third-order valence-electron chi connectivity index (χ3n) is 3.26. The zero-order valence-electron chi connectivity index (χ0n) is 12.5. The van der Waals surface area contributed by atoms with Crippen LogP contribution in [0.3, 0.4) is 0 Å². The molecular formula is C16H20ClN3O. The number of hydrogen-bond donors (Lipinski definition) is 2. The summed E-state index contributed by atoms with van der Waals surface area (Å²) in [5, 5.41) is 13.1. The number of aromatic hydroxyl groups is 1. The van der Waals surface area contributed by atoms with Crippen molar-refractivity contribution in [3.63, 3.8) is 0 Å². The molecule has 2 rings (SSSR count). The van der Waals surface area contributed by atoms with E-state index in [0.717, 1.165) is 35.7 Å². The Morgan fingerprint density at radius 1 is 1.19 bits per heavy atom. The number of anilines is 1. The van der Waals surface area contributed by atoms with Gasteiger partial charge in [-0.15, -0.1) is 0 Å². The van der Waals surface area contributed by atoms with Gasteiger partial charge in [0.25, 0.3) is 0 Å². The molecule has 0 aliphatic heterocycles. The molecule has 0 saturated heterocycles. The highest BCUT2D eigenvalue weighted by molar-refractivity contribution is 6.30. The molecule has 112 valence electrons. The highest BCUT2D eigenvalue weighted by Gasteiger charge is 2.11. The molecule has 2 N–H and O–H groups in total. The molecule has 0 amide bonds. The Bertz CT molecular complexity index is 612. The Kier molecular flexibility index (Phi) is 5.02.